The second kappa shape index (κ2) is 3.34. The summed E-state index contributed by atoms with van der Waals surface area (Å²) in [5.74, 6) is -0.597. The molecular weight excluding hydrogens is 178 g/mol. The van der Waals surface area contributed by atoms with Crippen molar-refractivity contribution in [3.05, 3.63) is 29.8 Å². The van der Waals surface area contributed by atoms with Crippen LogP contribution in [-0.4, -0.2) is 14.0 Å². The predicted molar refractivity (Wildman–Crippen MR) is 56.8 cm³/mol. The SMILES string of the molecule is C[Si](C)(C)c1cccc(C([NH])=O)c1. The van der Waals surface area contributed by atoms with Gasteiger partial charge in [-0.3, -0.25) is 10.5 Å². The van der Waals surface area contributed by atoms with Crippen molar-refractivity contribution in [2.75, 3.05) is 0 Å². The zero-order valence-corrected chi connectivity index (χ0v) is 9.22. The van der Waals surface area contributed by atoms with Gasteiger partial charge in [0.05, 0.1) is 8.07 Å². The third-order valence-corrected chi connectivity index (χ3v) is 4.03. The first-order valence-corrected chi connectivity index (χ1v) is 7.78. The number of carbonyl (C=O) groups is 1. The third-order valence-electron chi connectivity index (χ3n) is 1.99. The Morgan fingerprint density at radius 2 is 1.92 bits per heavy atom. The van der Waals surface area contributed by atoms with E-state index in [4.69, 9.17) is 5.73 Å². The highest BCUT2D eigenvalue weighted by Crippen LogP contribution is 2.04. The number of hydrogen-bond acceptors (Lipinski definition) is 1. The Morgan fingerprint density at radius 1 is 1.31 bits per heavy atom. The summed E-state index contributed by atoms with van der Waals surface area (Å²) in [6.07, 6.45) is 0. The summed E-state index contributed by atoms with van der Waals surface area (Å²) in [6, 6.07) is 7.44. The van der Waals surface area contributed by atoms with E-state index < -0.39 is 14.0 Å². The lowest BCUT2D eigenvalue weighted by molar-refractivity contribution is 0.0992. The quantitative estimate of drug-likeness (QED) is 0.657. The van der Waals surface area contributed by atoms with Crippen molar-refractivity contribution in [1.29, 1.82) is 0 Å². The lowest BCUT2D eigenvalue weighted by atomic mass is 10.2. The van der Waals surface area contributed by atoms with E-state index in [0.717, 1.165) is 0 Å². The molecule has 0 fully saturated rings. The molecule has 2 nitrogen and oxygen atoms in total. The molecule has 1 N–H and O–H groups in total. The maximum absolute atomic E-state index is 10.8. The van der Waals surface area contributed by atoms with Crippen LogP contribution >= 0.6 is 0 Å². The minimum absolute atomic E-state index is 0.500. The zero-order valence-electron chi connectivity index (χ0n) is 8.22. The fourth-order valence-corrected chi connectivity index (χ4v) is 2.31. The van der Waals surface area contributed by atoms with E-state index in [1.807, 2.05) is 18.2 Å². The van der Waals surface area contributed by atoms with E-state index in [1.54, 1.807) is 6.07 Å². The van der Waals surface area contributed by atoms with Gasteiger partial charge in [0.15, 0.2) is 0 Å². The largest absolute Gasteiger partial charge is 0.269 e. The highest BCUT2D eigenvalue weighted by atomic mass is 28.3. The Balaban J connectivity index is 3.13. The number of benzene rings is 1. The molecule has 1 rings (SSSR count). The van der Waals surface area contributed by atoms with Crippen LogP contribution in [0.4, 0.5) is 0 Å². The molecule has 0 bridgehead atoms. The van der Waals surface area contributed by atoms with Crippen LogP contribution in [0.15, 0.2) is 24.3 Å². The highest BCUT2D eigenvalue weighted by molar-refractivity contribution is 6.88. The highest BCUT2D eigenvalue weighted by Gasteiger charge is 2.16. The van der Waals surface area contributed by atoms with Gasteiger partial charge >= 0.3 is 0 Å². The molecule has 0 aromatic heterocycles. The van der Waals surface area contributed by atoms with Crippen molar-refractivity contribution in [2.24, 2.45) is 0 Å². The molecule has 0 unspecified atom stereocenters. The smallest absolute Gasteiger partial charge is 0.267 e. The van der Waals surface area contributed by atoms with Gasteiger partial charge in [-0.2, -0.15) is 0 Å². The normalized spacial score (nSPS) is 11.3. The van der Waals surface area contributed by atoms with E-state index in [2.05, 4.69) is 19.6 Å². The fraction of sp³-hybridized carbons (Fsp3) is 0.300. The molecule has 1 aromatic rings. The molecule has 0 aliphatic carbocycles. The van der Waals surface area contributed by atoms with Gasteiger partial charge in [0.25, 0.3) is 5.91 Å². The van der Waals surface area contributed by atoms with Crippen LogP contribution in [0.1, 0.15) is 10.4 Å². The van der Waals surface area contributed by atoms with Gasteiger partial charge in [-0.25, -0.2) is 0 Å². The Kier molecular flexibility index (Phi) is 2.57. The maximum atomic E-state index is 10.8. The fourth-order valence-electron chi connectivity index (χ4n) is 1.13. The van der Waals surface area contributed by atoms with Crippen molar-refractivity contribution < 1.29 is 4.79 Å². The average Bonchev–Trinajstić information content (AvgIpc) is 2.03. The first kappa shape index (κ1) is 9.99. The van der Waals surface area contributed by atoms with Gasteiger partial charge in [0.2, 0.25) is 0 Å². The van der Waals surface area contributed by atoms with Gasteiger partial charge in [-0.15, -0.1) is 0 Å². The van der Waals surface area contributed by atoms with E-state index >= 15 is 0 Å². The molecule has 1 amide bonds. The lowest BCUT2D eigenvalue weighted by Crippen LogP contribution is -2.37. The minimum atomic E-state index is -1.35. The topological polar surface area (TPSA) is 40.9 Å². The van der Waals surface area contributed by atoms with Gasteiger partial charge in [-0.05, 0) is 6.07 Å². The molecule has 0 spiro atoms. The standard InChI is InChI=1S/C10H14NOSi/c1-13(2,3)9-6-4-5-8(7-9)10(11)12/h4-7,11H,1-3H3. The molecule has 69 valence electrons. The number of hydrogen-bond donors (Lipinski definition) is 0. The van der Waals surface area contributed by atoms with Crippen molar-refractivity contribution >= 4 is 19.2 Å². The predicted octanol–water partition coefficient (Wildman–Crippen LogP) is 1.65. The second-order valence-corrected chi connectivity index (χ2v) is 9.24. The summed E-state index contributed by atoms with van der Waals surface area (Å²) in [6.45, 7) is 6.67. The summed E-state index contributed by atoms with van der Waals surface area (Å²) < 4.78 is 0. The molecule has 1 radical (unpaired) electrons. The molecule has 0 heterocycles. The van der Waals surface area contributed by atoms with Crippen LogP contribution in [0.25, 0.3) is 0 Å². The number of rotatable bonds is 2. The third kappa shape index (κ3) is 2.42. The summed E-state index contributed by atoms with van der Waals surface area (Å²) >= 11 is 0. The first-order chi connectivity index (χ1) is 5.91. The van der Waals surface area contributed by atoms with E-state index in [-0.39, 0.29) is 0 Å². The second-order valence-electron chi connectivity index (χ2n) is 4.16. The van der Waals surface area contributed by atoms with Crippen LogP contribution < -0.4 is 10.9 Å². The van der Waals surface area contributed by atoms with Crippen molar-refractivity contribution in [2.45, 2.75) is 19.6 Å². The Bertz CT molecular complexity index is 328. The molecule has 3 heteroatoms. The molecule has 0 saturated carbocycles. The van der Waals surface area contributed by atoms with Gasteiger partial charge in [0.1, 0.15) is 0 Å². The molecular formula is C10H14NOSi. The van der Waals surface area contributed by atoms with E-state index in [9.17, 15) is 4.79 Å². The van der Waals surface area contributed by atoms with Crippen LogP contribution in [0.5, 0.6) is 0 Å². The van der Waals surface area contributed by atoms with Gasteiger partial charge < -0.3 is 0 Å². The van der Waals surface area contributed by atoms with Crippen molar-refractivity contribution in [3.63, 3.8) is 0 Å². The monoisotopic (exact) mass is 192 g/mol. The Hall–Kier alpha value is -1.09. The molecule has 0 atom stereocenters. The molecule has 1 aromatic carbocycles. The lowest BCUT2D eigenvalue weighted by Gasteiger charge is -2.16. The van der Waals surface area contributed by atoms with Crippen LogP contribution in [0, 0.1) is 0 Å². The van der Waals surface area contributed by atoms with Gasteiger partial charge in [-0.1, -0.05) is 43.0 Å². The summed E-state index contributed by atoms with van der Waals surface area (Å²) in [5, 5.41) is 1.23. The summed E-state index contributed by atoms with van der Waals surface area (Å²) in [5.41, 5.74) is 7.50. The molecule has 13 heavy (non-hydrogen) atoms. The van der Waals surface area contributed by atoms with E-state index in [0.29, 0.717) is 5.56 Å². The molecule has 0 aliphatic rings. The van der Waals surface area contributed by atoms with Crippen LogP contribution in [0.3, 0.4) is 0 Å². The maximum Gasteiger partial charge on any atom is 0.269 e. The van der Waals surface area contributed by atoms with Crippen LogP contribution in [-0.2, 0) is 0 Å². The first-order valence-electron chi connectivity index (χ1n) is 4.28. The number of carbonyl (C=O) groups excluding carboxylic acids is 1. The number of amides is 1. The van der Waals surface area contributed by atoms with E-state index in [1.165, 1.54) is 5.19 Å². The molecule has 0 saturated heterocycles. The van der Waals surface area contributed by atoms with Crippen molar-refractivity contribution in [1.82, 2.24) is 5.73 Å². The van der Waals surface area contributed by atoms with Gasteiger partial charge in [0, 0.05) is 5.56 Å². The number of nitrogens with one attached hydrogen (secondary N) is 1. The Labute approximate surface area is 79.8 Å². The van der Waals surface area contributed by atoms with Crippen molar-refractivity contribution in [3.8, 4) is 0 Å². The Morgan fingerprint density at radius 3 is 2.38 bits per heavy atom. The zero-order chi connectivity index (χ0) is 10.1. The minimum Gasteiger partial charge on any atom is -0.267 e. The summed E-state index contributed by atoms with van der Waals surface area (Å²) in [4.78, 5) is 10.8. The van der Waals surface area contributed by atoms with Crippen LogP contribution in [0.2, 0.25) is 19.6 Å². The average molecular weight is 192 g/mol. The summed E-state index contributed by atoms with van der Waals surface area (Å²) in [7, 11) is -1.35. The molecule has 0 aliphatic heterocycles.